The summed E-state index contributed by atoms with van der Waals surface area (Å²) < 4.78 is 0. The lowest BCUT2D eigenvalue weighted by Crippen LogP contribution is -2.55. The fraction of sp³-hybridized carbons (Fsp3) is 0.952. The Labute approximate surface area is 141 Å². The topological polar surface area (TPSA) is 37.3 Å². The lowest BCUT2D eigenvalue weighted by molar-refractivity contribution is -0.155. The van der Waals surface area contributed by atoms with Crippen LogP contribution >= 0.6 is 0 Å². The van der Waals surface area contributed by atoms with Gasteiger partial charge in [0, 0.05) is 6.42 Å². The lowest BCUT2D eigenvalue weighted by atomic mass is 9.44. The maximum absolute atomic E-state index is 12.0. The summed E-state index contributed by atoms with van der Waals surface area (Å²) in [4.78, 5) is 12.0. The summed E-state index contributed by atoms with van der Waals surface area (Å²) >= 11 is 0. The van der Waals surface area contributed by atoms with Crippen molar-refractivity contribution < 1.29 is 9.90 Å². The van der Waals surface area contributed by atoms with E-state index >= 15 is 0 Å². The minimum absolute atomic E-state index is 0.110. The van der Waals surface area contributed by atoms with Crippen LogP contribution in [-0.2, 0) is 4.79 Å². The van der Waals surface area contributed by atoms with E-state index in [4.69, 9.17) is 0 Å². The summed E-state index contributed by atoms with van der Waals surface area (Å²) in [5, 5.41) is 10.2. The third-order valence-corrected chi connectivity index (χ3v) is 9.21. The second-order valence-corrected chi connectivity index (χ2v) is 9.77. The molecule has 1 unspecified atom stereocenters. The van der Waals surface area contributed by atoms with Gasteiger partial charge < -0.3 is 5.11 Å². The van der Waals surface area contributed by atoms with Crippen LogP contribution in [-0.4, -0.2) is 17.0 Å². The Kier molecular flexibility index (Phi) is 3.72. The summed E-state index contributed by atoms with van der Waals surface area (Å²) in [6, 6.07) is 0. The maximum atomic E-state index is 12.0. The zero-order chi connectivity index (χ0) is 16.4. The summed E-state index contributed by atoms with van der Waals surface area (Å²) in [6.07, 6.45) is 10.2. The van der Waals surface area contributed by atoms with E-state index in [2.05, 4.69) is 20.8 Å². The van der Waals surface area contributed by atoms with E-state index in [-0.39, 0.29) is 11.2 Å². The fourth-order valence-corrected chi connectivity index (χ4v) is 7.88. The molecule has 4 rings (SSSR count). The maximum Gasteiger partial charge on any atom is 0.161 e. The molecule has 23 heavy (non-hydrogen) atoms. The van der Waals surface area contributed by atoms with Crippen LogP contribution in [0.1, 0.15) is 78.6 Å². The summed E-state index contributed by atoms with van der Waals surface area (Å²) in [5.74, 6) is 4.08. The highest BCUT2D eigenvalue weighted by molar-refractivity contribution is 5.84. The lowest BCUT2D eigenvalue weighted by Gasteiger charge is -2.60. The number of rotatable bonds is 1. The number of fused-ring (bicyclic) bond motifs is 5. The van der Waals surface area contributed by atoms with Crippen molar-refractivity contribution in [3.05, 3.63) is 0 Å². The molecule has 2 nitrogen and oxygen atoms in total. The number of carbonyl (C=O) groups excluding carboxylic acids is 1. The predicted molar refractivity (Wildman–Crippen MR) is 91.9 cm³/mol. The molecule has 0 amide bonds. The average molecular weight is 319 g/mol. The van der Waals surface area contributed by atoms with Gasteiger partial charge in [-0.3, -0.25) is 4.79 Å². The Balaban J connectivity index is 1.63. The van der Waals surface area contributed by atoms with Gasteiger partial charge in [0.2, 0.25) is 0 Å². The number of ketones is 1. The molecule has 0 spiro atoms. The number of hydrogen-bond donors (Lipinski definition) is 1. The summed E-state index contributed by atoms with van der Waals surface area (Å²) in [7, 11) is 0. The molecule has 0 aliphatic heterocycles. The van der Waals surface area contributed by atoms with Gasteiger partial charge >= 0.3 is 0 Å². The van der Waals surface area contributed by atoms with Crippen LogP contribution in [0.15, 0.2) is 0 Å². The Morgan fingerprint density at radius 1 is 1.04 bits per heavy atom. The highest BCUT2D eigenvalue weighted by Crippen LogP contribution is 2.67. The van der Waals surface area contributed by atoms with Gasteiger partial charge in [0.1, 0.15) is 6.10 Å². The largest absolute Gasteiger partial charge is 0.385 e. The standard InChI is InChI=1S/C21H34O2/c1-4-13-6-8-16-15-7-5-14-11-18(22)19(23)12-21(14,3)17(15)9-10-20(13,16)2/h13-17,19,23H,4-12H2,1-3H3/t13-,14-,15-,16-,17-,19?,20+,21-/m0/s1. The van der Waals surface area contributed by atoms with E-state index in [1.54, 1.807) is 0 Å². The van der Waals surface area contributed by atoms with Gasteiger partial charge in [-0.25, -0.2) is 0 Å². The molecular formula is C21H34O2. The normalized spacial score (nSPS) is 55.9. The minimum atomic E-state index is -0.685. The Morgan fingerprint density at radius 3 is 2.52 bits per heavy atom. The van der Waals surface area contributed by atoms with Gasteiger partial charge in [0.15, 0.2) is 5.78 Å². The molecule has 4 aliphatic rings. The van der Waals surface area contributed by atoms with Crippen LogP contribution in [0.3, 0.4) is 0 Å². The third-order valence-electron chi connectivity index (χ3n) is 9.21. The molecular weight excluding hydrogens is 284 g/mol. The van der Waals surface area contributed by atoms with E-state index in [1.807, 2.05) is 0 Å². The number of aliphatic hydroxyl groups is 1. The van der Waals surface area contributed by atoms with Crippen molar-refractivity contribution in [2.24, 2.45) is 40.4 Å². The first kappa shape index (κ1) is 16.1. The van der Waals surface area contributed by atoms with Gasteiger partial charge in [-0.1, -0.05) is 27.2 Å². The second kappa shape index (κ2) is 5.31. The van der Waals surface area contributed by atoms with Crippen LogP contribution in [0.25, 0.3) is 0 Å². The van der Waals surface area contributed by atoms with Crippen LogP contribution < -0.4 is 0 Å². The van der Waals surface area contributed by atoms with Crippen LogP contribution in [0, 0.1) is 40.4 Å². The molecule has 4 fully saturated rings. The molecule has 0 radical (unpaired) electrons. The zero-order valence-electron chi connectivity index (χ0n) is 15.2. The number of Topliss-reactive ketones (excluding diaryl/α,β-unsaturated/α-hetero) is 1. The van der Waals surface area contributed by atoms with E-state index in [0.717, 1.165) is 30.1 Å². The predicted octanol–water partition coefficient (Wildman–Crippen LogP) is 4.60. The van der Waals surface area contributed by atoms with Gasteiger partial charge in [0.25, 0.3) is 0 Å². The first-order valence-corrected chi connectivity index (χ1v) is 10.1. The van der Waals surface area contributed by atoms with Gasteiger partial charge in [-0.2, -0.15) is 0 Å². The summed E-state index contributed by atoms with van der Waals surface area (Å²) in [6.45, 7) is 7.38. The number of hydrogen-bond acceptors (Lipinski definition) is 2. The van der Waals surface area contributed by atoms with Gasteiger partial charge in [-0.05, 0) is 85.4 Å². The van der Waals surface area contributed by atoms with Gasteiger partial charge in [0.05, 0.1) is 0 Å². The first-order chi connectivity index (χ1) is 10.9. The Bertz CT molecular complexity index is 500. The van der Waals surface area contributed by atoms with Crippen LogP contribution in [0.4, 0.5) is 0 Å². The molecule has 0 heterocycles. The molecule has 4 saturated carbocycles. The van der Waals surface area contributed by atoms with Crippen molar-refractivity contribution in [2.75, 3.05) is 0 Å². The Hall–Kier alpha value is -0.370. The van der Waals surface area contributed by atoms with Crippen molar-refractivity contribution in [1.29, 1.82) is 0 Å². The minimum Gasteiger partial charge on any atom is -0.385 e. The van der Waals surface area contributed by atoms with E-state index < -0.39 is 6.10 Å². The van der Waals surface area contributed by atoms with E-state index in [9.17, 15) is 9.90 Å². The van der Waals surface area contributed by atoms with E-state index in [1.165, 1.54) is 44.9 Å². The number of carbonyl (C=O) groups is 1. The molecule has 1 N–H and O–H groups in total. The highest BCUT2D eigenvalue weighted by atomic mass is 16.3. The quantitative estimate of drug-likeness (QED) is 0.767. The smallest absolute Gasteiger partial charge is 0.161 e. The van der Waals surface area contributed by atoms with Crippen molar-refractivity contribution in [3.8, 4) is 0 Å². The van der Waals surface area contributed by atoms with E-state index in [0.29, 0.717) is 17.8 Å². The molecule has 0 aromatic heterocycles. The zero-order valence-corrected chi connectivity index (χ0v) is 15.2. The number of aliphatic hydroxyl groups excluding tert-OH is 1. The molecule has 2 heteroatoms. The van der Waals surface area contributed by atoms with Crippen LogP contribution in [0.5, 0.6) is 0 Å². The monoisotopic (exact) mass is 318 g/mol. The Morgan fingerprint density at radius 2 is 1.78 bits per heavy atom. The average Bonchev–Trinajstić information content (AvgIpc) is 2.85. The molecule has 8 atom stereocenters. The molecule has 0 saturated heterocycles. The van der Waals surface area contributed by atoms with Gasteiger partial charge in [-0.15, -0.1) is 0 Å². The van der Waals surface area contributed by atoms with Crippen molar-refractivity contribution in [2.45, 2.75) is 84.7 Å². The van der Waals surface area contributed by atoms with Crippen molar-refractivity contribution in [1.82, 2.24) is 0 Å². The third kappa shape index (κ3) is 2.12. The highest BCUT2D eigenvalue weighted by Gasteiger charge is 2.60. The molecule has 0 aromatic carbocycles. The SMILES string of the molecule is CC[C@H]1CC[C@H]2[C@@H]3CC[C@H]4CC(=O)C(O)C[C@]4(C)[C@H]3CC[C@]12C. The molecule has 130 valence electrons. The summed E-state index contributed by atoms with van der Waals surface area (Å²) in [5.41, 5.74) is 0.782. The first-order valence-electron chi connectivity index (χ1n) is 10.1. The molecule has 0 bridgehead atoms. The van der Waals surface area contributed by atoms with Crippen molar-refractivity contribution >= 4 is 5.78 Å². The second-order valence-electron chi connectivity index (χ2n) is 9.77. The van der Waals surface area contributed by atoms with Crippen LogP contribution in [0.2, 0.25) is 0 Å². The molecule has 4 aliphatic carbocycles. The van der Waals surface area contributed by atoms with Crippen molar-refractivity contribution in [3.63, 3.8) is 0 Å². The molecule has 0 aromatic rings. The fourth-order valence-electron chi connectivity index (χ4n) is 7.88.